The van der Waals surface area contributed by atoms with Crippen LogP contribution in [-0.2, 0) is 16.1 Å². The summed E-state index contributed by atoms with van der Waals surface area (Å²) in [6, 6.07) is 10.3. The van der Waals surface area contributed by atoms with Crippen molar-refractivity contribution in [2.45, 2.75) is 45.8 Å². The van der Waals surface area contributed by atoms with E-state index in [0.717, 1.165) is 19.6 Å². The highest BCUT2D eigenvalue weighted by molar-refractivity contribution is 5.77. The van der Waals surface area contributed by atoms with Crippen molar-refractivity contribution < 1.29 is 14.6 Å². The second-order valence-electron chi connectivity index (χ2n) is 6.64. The molecule has 0 unspecified atom stereocenters. The monoisotopic (exact) mass is 305 g/mol. The smallest absolute Gasteiger partial charge is 0.314 e. The van der Waals surface area contributed by atoms with Crippen LogP contribution < -0.4 is 0 Å². The zero-order valence-corrected chi connectivity index (χ0v) is 13.8. The van der Waals surface area contributed by atoms with Crippen LogP contribution in [0.15, 0.2) is 30.3 Å². The first kappa shape index (κ1) is 17.0. The summed E-state index contributed by atoms with van der Waals surface area (Å²) in [6.45, 7) is 8.17. The molecule has 2 rings (SSSR count). The van der Waals surface area contributed by atoms with Crippen LogP contribution in [-0.4, -0.2) is 41.3 Å². The number of nitrogens with zero attached hydrogens (tertiary/aromatic N) is 1. The minimum absolute atomic E-state index is 0.311. The molecule has 0 atom stereocenters. The van der Waals surface area contributed by atoms with Gasteiger partial charge in [0.15, 0.2) is 0 Å². The molecule has 0 saturated carbocycles. The lowest BCUT2D eigenvalue weighted by molar-refractivity contribution is -0.177. The third kappa shape index (κ3) is 3.50. The number of ether oxygens (including phenoxy) is 1. The molecule has 1 fully saturated rings. The molecule has 0 amide bonds. The summed E-state index contributed by atoms with van der Waals surface area (Å²) in [4.78, 5) is 14.5. The summed E-state index contributed by atoms with van der Waals surface area (Å²) in [6.07, 6.45) is 1.18. The molecule has 0 radical (unpaired) electrons. The Hall–Kier alpha value is -1.39. The van der Waals surface area contributed by atoms with Crippen LogP contribution in [0, 0.1) is 5.41 Å². The maximum Gasteiger partial charge on any atom is 0.314 e. The summed E-state index contributed by atoms with van der Waals surface area (Å²) < 4.78 is 5.14. The van der Waals surface area contributed by atoms with Crippen molar-refractivity contribution in [1.29, 1.82) is 0 Å². The molecular weight excluding hydrogens is 278 g/mol. The summed E-state index contributed by atoms with van der Waals surface area (Å²) in [5, 5.41) is 11.0. The lowest BCUT2D eigenvalue weighted by atomic mass is 9.69. The average Bonchev–Trinajstić information content (AvgIpc) is 2.51. The predicted octanol–water partition coefficient (Wildman–Crippen LogP) is 2.60. The standard InChI is InChI=1S/C18H27NO3/c1-4-22-16(20)17(2,3)18(21)10-12-19(13-11-18)14-15-8-6-5-7-9-15/h5-9,21H,4,10-14H2,1-3H3. The Morgan fingerprint density at radius 2 is 1.86 bits per heavy atom. The van der Waals surface area contributed by atoms with E-state index < -0.39 is 11.0 Å². The first-order valence-corrected chi connectivity index (χ1v) is 8.05. The molecule has 1 heterocycles. The molecule has 4 heteroatoms. The van der Waals surface area contributed by atoms with Gasteiger partial charge >= 0.3 is 5.97 Å². The van der Waals surface area contributed by atoms with Gasteiger partial charge in [0.2, 0.25) is 0 Å². The number of hydrogen-bond donors (Lipinski definition) is 1. The normalized spacial score (nSPS) is 18.9. The lowest BCUT2D eigenvalue weighted by Gasteiger charge is -2.46. The van der Waals surface area contributed by atoms with E-state index in [-0.39, 0.29) is 5.97 Å². The zero-order valence-electron chi connectivity index (χ0n) is 13.8. The fourth-order valence-electron chi connectivity index (χ4n) is 3.05. The third-order valence-electron chi connectivity index (χ3n) is 4.88. The first-order valence-electron chi connectivity index (χ1n) is 8.05. The number of esters is 1. The molecular formula is C18H27NO3. The van der Waals surface area contributed by atoms with E-state index in [0.29, 0.717) is 19.4 Å². The molecule has 1 aromatic rings. The Morgan fingerprint density at radius 3 is 2.41 bits per heavy atom. The Balaban J connectivity index is 1.96. The summed E-state index contributed by atoms with van der Waals surface area (Å²) in [5.74, 6) is -0.311. The highest BCUT2D eigenvalue weighted by Gasteiger charge is 2.50. The van der Waals surface area contributed by atoms with Gasteiger partial charge in [-0.25, -0.2) is 0 Å². The van der Waals surface area contributed by atoms with Gasteiger partial charge in [0.05, 0.1) is 17.6 Å². The van der Waals surface area contributed by atoms with Crippen LogP contribution in [0.1, 0.15) is 39.2 Å². The highest BCUT2D eigenvalue weighted by Crippen LogP contribution is 2.40. The minimum Gasteiger partial charge on any atom is -0.465 e. The Morgan fingerprint density at radius 1 is 1.27 bits per heavy atom. The first-order chi connectivity index (χ1) is 10.4. The topological polar surface area (TPSA) is 49.8 Å². The van der Waals surface area contributed by atoms with Gasteiger partial charge in [-0.15, -0.1) is 0 Å². The molecule has 1 N–H and O–H groups in total. The molecule has 0 aliphatic carbocycles. The van der Waals surface area contributed by atoms with Gasteiger partial charge in [-0.3, -0.25) is 9.69 Å². The number of hydrogen-bond acceptors (Lipinski definition) is 4. The zero-order chi connectivity index (χ0) is 16.2. The highest BCUT2D eigenvalue weighted by atomic mass is 16.5. The third-order valence-corrected chi connectivity index (χ3v) is 4.88. The number of benzene rings is 1. The molecule has 1 aliphatic heterocycles. The van der Waals surface area contributed by atoms with Gasteiger partial charge in [-0.1, -0.05) is 30.3 Å². The number of carbonyl (C=O) groups excluding carboxylic acids is 1. The second kappa shape index (κ2) is 6.80. The minimum atomic E-state index is -0.994. The maximum atomic E-state index is 12.1. The van der Waals surface area contributed by atoms with Gasteiger partial charge in [-0.2, -0.15) is 0 Å². The Kier molecular flexibility index (Phi) is 5.24. The molecule has 1 saturated heterocycles. The van der Waals surface area contributed by atoms with E-state index in [4.69, 9.17) is 4.74 Å². The largest absolute Gasteiger partial charge is 0.465 e. The van der Waals surface area contributed by atoms with E-state index in [9.17, 15) is 9.90 Å². The van der Waals surface area contributed by atoms with Crippen molar-refractivity contribution in [3.05, 3.63) is 35.9 Å². The van der Waals surface area contributed by atoms with Crippen LogP contribution >= 0.6 is 0 Å². The fourth-order valence-corrected chi connectivity index (χ4v) is 3.05. The number of rotatable bonds is 5. The molecule has 0 bridgehead atoms. The summed E-state index contributed by atoms with van der Waals surface area (Å²) in [7, 11) is 0. The Labute approximate surface area is 133 Å². The van der Waals surface area contributed by atoms with Gasteiger partial charge < -0.3 is 9.84 Å². The van der Waals surface area contributed by atoms with Crippen LogP contribution in [0.5, 0.6) is 0 Å². The van der Waals surface area contributed by atoms with Gasteiger partial charge in [-0.05, 0) is 39.2 Å². The van der Waals surface area contributed by atoms with Crippen LogP contribution in [0.3, 0.4) is 0 Å². The molecule has 22 heavy (non-hydrogen) atoms. The fraction of sp³-hybridized carbons (Fsp3) is 0.611. The van der Waals surface area contributed by atoms with Crippen molar-refractivity contribution in [2.75, 3.05) is 19.7 Å². The van der Waals surface area contributed by atoms with Crippen LogP contribution in [0.25, 0.3) is 0 Å². The van der Waals surface area contributed by atoms with Gasteiger partial charge in [0.25, 0.3) is 0 Å². The Bertz CT molecular complexity index is 490. The number of piperidine rings is 1. The number of likely N-dealkylation sites (tertiary alicyclic amines) is 1. The maximum absolute atomic E-state index is 12.1. The van der Waals surface area contributed by atoms with E-state index >= 15 is 0 Å². The summed E-state index contributed by atoms with van der Waals surface area (Å²) in [5.41, 5.74) is -0.591. The van der Waals surface area contributed by atoms with Crippen molar-refractivity contribution in [3.63, 3.8) is 0 Å². The number of aliphatic hydroxyl groups is 1. The lowest BCUT2D eigenvalue weighted by Crippen LogP contribution is -2.56. The molecule has 4 nitrogen and oxygen atoms in total. The van der Waals surface area contributed by atoms with Crippen molar-refractivity contribution in [2.24, 2.45) is 5.41 Å². The van der Waals surface area contributed by atoms with E-state index in [2.05, 4.69) is 17.0 Å². The van der Waals surface area contributed by atoms with Gasteiger partial charge in [0.1, 0.15) is 0 Å². The van der Waals surface area contributed by atoms with Crippen molar-refractivity contribution in [3.8, 4) is 0 Å². The molecule has 1 aromatic carbocycles. The number of carbonyl (C=O) groups is 1. The molecule has 0 spiro atoms. The molecule has 0 aromatic heterocycles. The average molecular weight is 305 g/mol. The second-order valence-corrected chi connectivity index (χ2v) is 6.64. The van der Waals surface area contributed by atoms with Crippen molar-refractivity contribution in [1.82, 2.24) is 4.90 Å². The summed E-state index contributed by atoms with van der Waals surface area (Å²) >= 11 is 0. The van der Waals surface area contributed by atoms with Crippen molar-refractivity contribution >= 4 is 5.97 Å². The van der Waals surface area contributed by atoms with E-state index in [1.807, 2.05) is 18.2 Å². The quantitative estimate of drug-likeness (QED) is 0.850. The molecule has 1 aliphatic rings. The predicted molar refractivity (Wildman–Crippen MR) is 86.3 cm³/mol. The van der Waals surface area contributed by atoms with Crippen LogP contribution in [0.2, 0.25) is 0 Å². The van der Waals surface area contributed by atoms with Crippen LogP contribution in [0.4, 0.5) is 0 Å². The molecule has 122 valence electrons. The van der Waals surface area contributed by atoms with E-state index in [1.165, 1.54) is 5.56 Å². The van der Waals surface area contributed by atoms with E-state index in [1.54, 1.807) is 20.8 Å². The van der Waals surface area contributed by atoms with Gasteiger partial charge in [0, 0.05) is 19.6 Å². The SMILES string of the molecule is CCOC(=O)C(C)(C)C1(O)CCN(Cc2ccccc2)CC1.